The summed E-state index contributed by atoms with van der Waals surface area (Å²) in [7, 11) is 0. The van der Waals surface area contributed by atoms with Gasteiger partial charge in [0, 0.05) is 23.1 Å². The van der Waals surface area contributed by atoms with Gasteiger partial charge in [0.05, 0.1) is 12.5 Å². The van der Waals surface area contributed by atoms with E-state index in [0.29, 0.717) is 11.4 Å². The van der Waals surface area contributed by atoms with Crippen molar-refractivity contribution in [1.29, 1.82) is 0 Å². The molecule has 0 aliphatic carbocycles. The summed E-state index contributed by atoms with van der Waals surface area (Å²) in [4.78, 5) is 12.5. The Hall–Kier alpha value is -2.52. The number of benzene rings is 2. The van der Waals surface area contributed by atoms with Crippen LogP contribution in [0.4, 0.5) is 5.69 Å². The van der Waals surface area contributed by atoms with E-state index in [2.05, 4.69) is 41.1 Å². The zero-order chi connectivity index (χ0) is 16.9. The number of nitrogens with one attached hydrogen (secondary N) is 1. The zero-order valence-electron chi connectivity index (χ0n) is 13.4. The number of rotatable bonds is 5. The first-order chi connectivity index (χ1) is 11.6. The molecule has 0 saturated heterocycles. The van der Waals surface area contributed by atoms with Gasteiger partial charge < -0.3 is 9.88 Å². The van der Waals surface area contributed by atoms with Crippen LogP contribution in [0.25, 0.3) is 0 Å². The SMILES string of the molecule is Cc1ccc([C@H](CC(=O)Nc2ccc(Cl)cc2)n2cccc2)cc1. The highest BCUT2D eigenvalue weighted by Crippen LogP contribution is 2.24. The fourth-order valence-electron chi connectivity index (χ4n) is 2.66. The molecule has 1 heterocycles. The Morgan fingerprint density at radius 2 is 1.67 bits per heavy atom. The summed E-state index contributed by atoms with van der Waals surface area (Å²) in [5.41, 5.74) is 3.07. The van der Waals surface area contributed by atoms with Gasteiger partial charge >= 0.3 is 0 Å². The first kappa shape index (κ1) is 16.3. The maximum Gasteiger partial charge on any atom is 0.226 e. The van der Waals surface area contributed by atoms with E-state index < -0.39 is 0 Å². The number of halogens is 1. The predicted molar refractivity (Wildman–Crippen MR) is 98.4 cm³/mol. The molecule has 24 heavy (non-hydrogen) atoms. The molecule has 3 nitrogen and oxygen atoms in total. The molecule has 4 heteroatoms. The van der Waals surface area contributed by atoms with Crippen molar-refractivity contribution in [2.24, 2.45) is 0 Å². The van der Waals surface area contributed by atoms with Crippen LogP contribution in [0.5, 0.6) is 0 Å². The van der Waals surface area contributed by atoms with Crippen molar-refractivity contribution >= 4 is 23.2 Å². The number of hydrogen-bond acceptors (Lipinski definition) is 1. The molecule has 1 N–H and O–H groups in total. The lowest BCUT2D eigenvalue weighted by Gasteiger charge is -2.19. The van der Waals surface area contributed by atoms with Crippen molar-refractivity contribution in [2.75, 3.05) is 5.32 Å². The summed E-state index contributed by atoms with van der Waals surface area (Å²) < 4.78 is 2.06. The predicted octanol–water partition coefficient (Wildman–Crippen LogP) is 5.07. The lowest BCUT2D eigenvalue weighted by atomic mass is 10.0. The van der Waals surface area contributed by atoms with Crippen LogP contribution in [-0.2, 0) is 4.79 Å². The van der Waals surface area contributed by atoms with E-state index in [4.69, 9.17) is 11.6 Å². The minimum absolute atomic E-state index is 0.0309. The molecule has 0 aliphatic heterocycles. The van der Waals surface area contributed by atoms with Gasteiger partial charge in [0.25, 0.3) is 0 Å². The number of aromatic nitrogens is 1. The number of hydrogen-bond donors (Lipinski definition) is 1. The third kappa shape index (κ3) is 4.06. The Bertz CT molecular complexity index is 793. The van der Waals surface area contributed by atoms with Crippen LogP contribution in [0, 0.1) is 6.92 Å². The van der Waals surface area contributed by atoms with Gasteiger partial charge in [-0.1, -0.05) is 41.4 Å². The molecule has 0 radical (unpaired) electrons. The largest absolute Gasteiger partial charge is 0.346 e. The third-order valence-electron chi connectivity index (χ3n) is 3.96. The van der Waals surface area contributed by atoms with Crippen molar-refractivity contribution in [3.63, 3.8) is 0 Å². The van der Waals surface area contributed by atoms with Gasteiger partial charge in [0.2, 0.25) is 5.91 Å². The fraction of sp³-hybridized carbons (Fsp3) is 0.150. The second-order valence-corrected chi connectivity index (χ2v) is 6.25. The van der Waals surface area contributed by atoms with Crippen molar-refractivity contribution < 1.29 is 4.79 Å². The summed E-state index contributed by atoms with van der Waals surface area (Å²) in [5.74, 6) is -0.0309. The number of amides is 1. The van der Waals surface area contributed by atoms with E-state index >= 15 is 0 Å². The van der Waals surface area contributed by atoms with Crippen molar-refractivity contribution in [3.8, 4) is 0 Å². The second kappa shape index (κ2) is 7.37. The van der Waals surface area contributed by atoms with Crippen LogP contribution < -0.4 is 5.32 Å². The standard InChI is InChI=1S/C20H19ClN2O/c1-15-4-6-16(7-5-15)19(23-12-2-3-13-23)14-20(24)22-18-10-8-17(21)9-11-18/h2-13,19H,14H2,1H3,(H,22,24)/t19-/m0/s1. The Morgan fingerprint density at radius 3 is 2.29 bits per heavy atom. The Kier molecular flexibility index (Phi) is 5.02. The van der Waals surface area contributed by atoms with E-state index in [-0.39, 0.29) is 11.9 Å². The fourth-order valence-corrected chi connectivity index (χ4v) is 2.79. The first-order valence-electron chi connectivity index (χ1n) is 7.86. The summed E-state index contributed by atoms with van der Waals surface area (Å²) in [6.45, 7) is 2.06. The van der Waals surface area contributed by atoms with E-state index in [9.17, 15) is 4.79 Å². The molecule has 3 rings (SSSR count). The highest BCUT2D eigenvalue weighted by Gasteiger charge is 2.17. The average molecular weight is 339 g/mol. The van der Waals surface area contributed by atoms with Crippen LogP contribution in [0.15, 0.2) is 73.1 Å². The van der Waals surface area contributed by atoms with Gasteiger partial charge in [-0.05, 0) is 48.9 Å². The lowest BCUT2D eigenvalue weighted by Crippen LogP contribution is -2.19. The van der Waals surface area contributed by atoms with Gasteiger partial charge in [-0.25, -0.2) is 0 Å². The molecule has 1 aromatic heterocycles. The normalized spacial score (nSPS) is 11.9. The molecule has 0 spiro atoms. The molecular formula is C20H19ClN2O. The molecule has 3 aromatic rings. The summed E-state index contributed by atoms with van der Waals surface area (Å²) in [6, 6.07) is 19.3. The highest BCUT2D eigenvalue weighted by molar-refractivity contribution is 6.30. The zero-order valence-corrected chi connectivity index (χ0v) is 14.2. The van der Waals surface area contributed by atoms with E-state index in [0.717, 1.165) is 11.3 Å². The maximum atomic E-state index is 12.5. The summed E-state index contributed by atoms with van der Waals surface area (Å²) in [5, 5.41) is 3.58. The van der Waals surface area contributed by atoms with Crippen LogP contribution in [0.3, 0.4) is 0 Å². The van der Waals surface area contributed by atoms with Gasteiger partial charge in [-0.15, -0.1) is 0 Å². The molecule has 0 fully saturated rings. The minimum atomic E-state index is -0.0344. The highest BCUT2D eigenvalue weighted by atomic mass is 35.5. The van der Waals surface area contributed by atoms with Crippen LogP contribution >= 0.6 is 11.6 Å². The molecule has 0 aliphatic rings. The first-order valence-corrected chi connectivity index (χ1v) is 8.24. The minimum Gasteiger partial charge on any atom is -0.346 e. The van der Waals surface area contributed by atoms with Gasteiger partial charge in [-0.3, -0.25) is 4.79 Å². The van der Waals surface area contributed by atoms with Gasteiger partial charge in [-0.2, -0.15) is 0 Å². The van der Waals surface area contributed by atoms with Crippen LogP contribution in [0.2, 0.25) is 5.02 Å². The van der Waals surface area contributed by atoms with Gasteiger partial charge in [0.1, 0.15) is 0 Å². The Morgan fingerprint density at radius 1 is 1.04 bits per heavy atom. The Labute approximate surface area is 146 Å². The number of anilines is 1. The maximum absolute atomic E-state index is 12.5. The van der Waals surface area contributed by atoms with Crippen molar-refractivity contribution in [1.82, 2.24) is 4.57 Å². The molecule has 0 unspecified atom stereocenters. The lowest BCUT2D eigenvalue weighted by molar-refractivity contribution is -0.116. The quantitative estimate of drug-likeness (QED) is 0.692. The molecule has 0 bridgehead atoms. The smallest absolute Gasteiger partial charge is 0.226 e. The summed E-state index contributed by atoms with van der Waals surface area (Å²) in [6.07, 6.45) is 4.33. The molecular weight excluding hydrogens is 320 g/mol. The summed E-state index contributed by atoms with van der Waals surface area (Å²) >= 11 is 5.88. The van der Waals surface area contributed by atoms with Crippen molar-refractivity contribution in [2.45, 2.75) is 19.4 Å². The second-order valence-electron chi connectivity index (χ2n) is 5.82. The molecule has 122 valence electrons. The van der Waals surface area contributed by atoms with Crippen LogP contribution in [-0.4, -0.2) is 10.5 Å². The van der Waals surface area contributed by atoms with E-state index in [1.54, 1.807) is 24.3 Å². The number of nitrogens with zero attached hydrogens (tertiary/aromatic N) is 1. The molecule has 2 aromatic carbocycles. The number of aryl methyl sites for hydroxylation is 1. The van der Waals surface area contributed by atoms with E-state index in [1.807, 2.05) is 24.5 Å². The topological polar surface area (TPSA) is 34.0 Å². The Balaban J connectivity index is 1.77. The number of carbonyl (C=O) groups is 1. The molecule has 1 amide bonds. The number of carbonyl (C=O) groups excluding carboxylic acids is 1. The van der Waals surface area contributed by atoms with Crippen LogP contribution in [0.1, 0.15) is 23.6 Å². The monoisotopic (exact) mass is 338 g/mol. The van der Waals surface area contributed by atoms with Gasteiger partial charge in [0.15, 0.2) is 0 Å². The molecule has 0 saturated carbocycles. The third-order valence-corrected chi connectivity index (χ3v) is 4.21. The average Bonchev–Trinajstić information content (AvgIpc) is 3.10. The van der Waals surface area contributed by atoms with Crippen molar-refractivity contribution in [3.05, 3.63) is 89.2 Å². The van der Waals surface area contributed by atoms with E-state index in [1.165, 1.54) is 5.56 Å². The molecule has 1 atom stereocenters.